The minimum absolute atomic E-state index is 0.303. The first-order valence-corrected chi connectivity index (χ1v) is 9.08. The number of hydrogen-bond donors (Lipinski definition) is 1. The molecule has 1 fully saturated rings. The third kappa shape index (κ3) is 4.55. The van der Waals surface area contributed by atoms with Crippen molar-refractivity contribution in [1.82, 2.24) is 20.2 Å². The molecule has 0 unspecified atom stereocenters. The van der Waals surface area contributed by atoms with Crippen LogP contribution in [0.3, 0.4) is 0 Å². The number of aromatic nitrogens is 2. The van der Waals surface area contributed by atoms with E-state index in [1.165, 1.54) is 16.7 Å². The highest BCUT2D eigenvalue weighted by molar-refractivity contribution is 5.33. The summed E-state index contributed by atoms with van der Waals surface area (Å²) in [6.45, 7) is 11.4. The Morgan fingerprint density at radius 1 is 1.08 bits per heavy atom. The van der Waals surface area contributed by atoms with Crippen molar-refractivity contribution in [2.75, 3.05) is 38.1 Å². The van der Waals surface area contributed by atoms with Crippen LogP contribution in [-0.2, 0) is 6.54 Å². The molecule has 0 radical (unpaired) electrons. The standard InChI is InChI=1S/C20H29N5/c1-15-5-6-16(2)19(11-15)17(3)21-12-18-13-22-20(23-14-18)25-9-7-24(4)8-10-25/h5-6,11,13-14,17,21H,7-10,12H2,1-4H3/t17-/m0/s1. The summed E-state index contributed by atoms with van der Waals surface area (Å²) in [5.74, 6) is 0.847. The van der Waals surface area contributed by atoms with Gasteiger partial charge >= 0.3 is 0 Å². The lowest BCUT2D eigenvalue weighted by Crippen LogP contribution is -2.45. The van der Waals surface area contributed by atoms with Crippen molar-refractivity contribution in [2.24, 2.45) is 0 Å². The number of aryl methyl sites for hydroxylation is 2. The molecule has 0 saturated carbocycles. The van der Waals surface area contributed by atoms with Crippen molar-refractivity contribution in [3.05, 3.63) is 52.8 Å². The minimum Gasteiger partial charge on any atom is -0.338 e. The van der Waals surface area contributed by atoms with E-state index < -0.39 is 0 Å². The molecule has 5 heteroatoms. The van der Waals surface area contributed by atoms with Crippen molar-refractivity contribution in [3.8, 4) is 0 Å². The fraction of sp³-hybridized carbons (Fsp3) is 0.500. The lowest BCUT2D eigenvalue weighted by atomic mass is 10.00. The predicted octanol–water partition coefficient (Wildman–Crippen LogP) is 2.70. The van der Waals surface area contributed by atoms with Gasteiger partial charge in [0.15, 0.2) is 0 Å². The molecule has 134 valence electrons. The highest BCUT2D eigenvalue weighted by Gasteiger charge is 2.16. The number of benzene rings is 1. The van der Waals surface area contributed by atoms with Gasteiger partial charge < -0.3 is 15.1 Å². The first-order valence-electron chi connectivity index (χ1n) is 9.08. The lowest BCUT2D eigenvalue weighted by Gasteiger charge is -2.32. The van der Waals surface area contributed by atoms with Crippen LogP contribution in [0, 0.1) is 13.8 Å². The molecule has 0 aliphatic carbocycles. The Hall–Kier alpha value is -1.98. The maximum absolute atomic E-state index is 4.57. The van der Waals surface area contributed by atoms with Gasteiger partial charge in [-0.1, -0.05) is 23.8 Å². The van der Waals surface area contributed by atoms with E-state index in [4.69, 9.17) is 0 Å². The van der Waals surface area contributed by atoms with E-state index in [9.17, 15) is 0 Å². The number of anilines is 1. The topological polar surface area (TPSA) is 44.3 Å². The van der Waals surface area contributed by atoms with Crippen LogP contribution in [0.4, 0.5) is 5.95 Å². The number of rotatable bonds is 5. The van der Waals surface area contributed by atoms with Crippen LogP contribution >= 0.6 is 0 Å². The van der Waals surface area contributed by atoms with Crippen molar-refractivity contribution in [1.29, 1.82) is 0 Å². The van der Waals surface area contributed by atoms with E-state index >= 15 is 0 Å². The molecule has 0 spiro atoms. The largest absolute Gasteiger partial charge is 0.338 e. The van der Waals surface area contributed by atoms with Gasteiger partial charge in [0.05, 0.1) is 0 Å². The van der Waals surface area contributed by atoms with Crippen LogP contribution in [0.15, 0.2) is 30.6 Å². The van der Waals surface area contributed by atoms with Crippen LogP contribution in [-0.4, -0.2) is 48.1 Å². The molecule has 1 aliphatic rings. The van der Waals surface area contributed by atoms with Crippen molar-refractivity contribution in [3.63, 3.8) is 0 Å². The Balaban J connectivity index is 1.57. The molecule has 2 aromatic rings. The second kappa shape index (κ2) is 7.93. The zero-order chi connectivity index (χ0) is 17.8. The Labute approximate surface area is 151 Å². The minimum atomic E-state index is 0.303. The Morgan fingerprint density at radius 3 is 2.44 bits per heavy atom. The molecule has 5 nitrogen and oxygen atoms in total. The highest BCUT2D eigenvalue weighted by atomic mass is 15.3. The van der Waals surface area contributed by atoms with E-state index in [0.717, 1.165) is 44.2 Å². The first kappa shape index (κ1) is 17.8. The maximum atomic E-state index is 4.57. The molecule has 0 bridgehead atoms. The average molecular weight is 339 g/mol. The van der Waals surface area contributed by atoms with E-state index in [-0.39, 0.29) is 0 Å². The Kier molecular flexibility index (Phi) is 5.66. The van der Waals surface area contributed by atoms with E-state index in [1.807, 2.05) is 12.4 Å². The molecule has 0 amide bonds. The van der Waals surface area contributed by atoms with E-state index in [2.05, 4.69) is 71.1 Å². The SMILES string of the molecule is Cc1ccc(C)c([C@H](C)NCc2cnc(N3CCN(C)CC3)nc2)c1. The van der Waals surface area contributed by atoms with Gasteiger partial charge in [-0.3, -0.25) is 0 Å². The fourth-order valence-electron chi connectivity index (χ4n) is 3.22. The third-order valence-electron chi connectivity index (χ3n) is 4.99. The van der Waals surface area contributed by atoms with Crippen molar-refractivity contribution < 1.29 is 0 Å². The van der Waals surface area contributed by atoms with Crippen LogP contribution in [0.2, 0.25) is 0 Å². The number of nitrogens with zero attached hydrogens (tertiary/aromatic N) is 4. The van der Waals surface area contributed by atoms with Gasteiger partial charge in [0, 0.05) is 56.7 Å². The smallest absolute Gasteiger partial charge is 0.225 e. The summed E-state index contributed by atoms with van der Waals surface area (Å²) in [5, 5.41) is 3.59. The summed E-state index contributed by atoms with van der Waals surface area (Å²) in [6, 6.07) is 6.92. The average Bonchev–Trinajstić information content (AvgIpc) is 2.63. The normalized spacial score (nSPS) is 16.9. The molecule has 25 heavy (non-hydrogen) atoms. The van der Waals surface area contributed by atoms with Crippen molar-refractivity contribution >= 4 is 5.95 Å². The number of piperazine rings is 1. The van der Waals surface area contributed by atoms with Gasteiger partial charge in [-0.05, 0) is 38.9 Å². The molecule has 1 saturated heterocycles. The molecule has 1 aliphatic heterocycles. The Bertz CT molecular complexity index is 690. The Morgan fingerprint density at radius 2 is 1.76 bits per heavy atom. The van der Waals surface area contributed by atoms with E-state index in [0.29, 0.717) is 6.04 Å². The number of hydrogen-bond acceptors (Lipinski definition) is 5. The summed E-state index contributed by atoms with van der Waals surface area (Å²) < 4.78 is 0. The van der Waals surface area contributed by atoms with E-state index in [1.54, 1.807) is 0 Å². The van der Waals surface area contributed by atoms with Gasteiger partial charge in [-0.15, -0.1) is 0 Å². The van der Waals surface area contributed by atoms with Crippen LogP contribution in [0.1, 0.15) is 35.2 Å². The molecule has 1 N–H and O–H groups in total. The summed E-state index contributed by atoms with van der Waals surface area (Å²) in [7, 11) is 2.16. The van der Waals surface area contributed by atoms with Crippen molar-refractivity contribution in [2.45, 2.75) is 33.4 Å². The summed E-state index contributed by atoms with van der Waals surface area (Å²) >= 11 is 0. The molecule has 3 rings (SSSR count). The maximum Gasteiger partial charge on any atom is 0.225 e. The summed E-state index contributed by atoms with van der Waals surface area (Å²) in [4.78, 5) is 13.7. The van der Waals surface area contributed by atoms with Gasteiger partial charge in [0.25, 0.3) is 0 Å². The molecule has 1 aromatic carbocycles. The molecule has 2 heterocycles. The van der Waals surface area contributed by atoms with Gasteiger partial charge in [-0.2, -0.15) is 0 Å². The summed E-state index contributed by atoms with van der Waals surface area (Å²) in [5.41, 5.74) is 5.10. The zero-order valence-electron chi connectivity index (χ0n) is 15.8. The van der Waals surface area contributed by atoms with Crippen LogP contribution < -0.4 is 10.2 Å². The van der Waals surface area contributed by atoms with Crippen LogP contribution in [0.25, 0.3) is 0 Å². The highest BCUT2D eigenvalue weighted by Crippen LogP contribution is 2.19. The number of nitrogens with one attached hydrogen (secondary N) is 1. The molecular weight excluding hydrogens is 310 g/mol. The predicted molar refractivity (Wildman–Crippen MR) is 103 cm³/mol. The molecule has 1 atom stereocenters. The second-order valence-electron chi connectivity index (χ2n) is 7.14. The van der Waals surface area contributed by atoms with Gasteiger partial charge in [0.1, 0.15) is 0 Å². The third-order valence-corrected chi connectivity index (χ3v) is 4.99. The van der Waals surface area contributed by atoms with Gasteiger partial charge in [-0.25, -0.2) is 9.97 Å². The number of likely N-dealkylation sites (N-methyl/N-ethyl adjacent to an activating group) is 1. The molecule has 1 aromatic heterocycles. The fourth-order valence-corrected chi connectivity index (χ4v) is 3.22. The monoisotopic (exact) mass is 339 g/mol. The quantitative estimate of drug-likeness (QED) is 0.907. The summed E-state index contributed by atoms with van der Waals surface area (Å²) in [6.07, 6.45) is 3.90. The first-order chi connectivity index (χ1) is 12.0. The molecular formula is C20H29N5. The lowest BCUT2D eigenvalue weighted by molar-refractivity contribution is 0.311. The second-order valence-corrected chi connectivity index (χ2v) is 7.14. The van der Waals surface area contributed by atoms with Crippen LogP contribution in [0.5, 0.6) is 0 Å². The van der Waals surface area contributed by atoms with Gasteiger partial charge in [0.2, 0.25) is 5.95 Å². The zero-order valence-corrected chi connectivity index (χ0v) is 15.8.